The summed E-state index contributed by atoms with van der Waals surface area (Å²) in [5, 5.41) is 9.13. The van der Waals surface area contributed by atoms with Gasteiger partial charge in [0.15, 0.2) is 5.65 Å². The molecule has 0 atom stereocenters. The van der Waals surface area contributed by atoms with Gasteiger partial charge in [0.1, 0.15) is 11.2 Å². The van der Waals surface area contributed by atoms with Crippen LogP contribution in [0, 0.1) is 26.7 Å². The van der Waals surface area contributed by atoms with Gasteiger partial charge in [-0.05, 0) is 67.7 Å². The molecule has 2 fully saturated rings. The Balaban J connectivity index is 1.34. The highest BCUT2D eigenvalue weighted by molar-refractivity contribution is 7.19. The third-order valence-corrected chi connectivity index (χ3v) is 9.59. The molecule has 0 aromatic carbocycles. The summed E-state index contributed by atoms with van der Waals surface area (Å²) in [6.07, 6.45) is 5.70. The Morgan fingerprint density at radius 1 is 1.11 bits per heavy atom. The van der Waals surface area contributed by atoms with Crippen LogP contribution < -0.4 is 5.32 Å². The molecular weight excluding hydrogens is 456 g/mol. The van der Waals surface area contributed by atoms with Gasteiger partial charge in [-0.1, -0.05) is 13.8 Å². The molecule has 0 spiro atoms. The smallest absolute Gasteiger partial charge is 0.225 e. The van der Waals surface area contributed by atoms with Gasteiger partial charge in [0.05, 0.1) is 5.69 Å². The first kappa shape index (κ1) is 22.7. The van der Waals surface area contributed by atoms with Crippen molar-refractivity contribution >= 4 is 33.1 Å². The standard InChI is InChI=1S/C27H34N6OS/c1-14(2)21-22-17(5)24(18-10-19(11-18)27(34)32-8-6-28-7-9-32)35-26(22)31-23(21)20-12-33-25(29-13-30-33)16(4)15(20)3/h12-14,18-19,28,31H,6-11H2,1-5H3/t18-,19+. The lowest BCUT2D eigenvalue weighted by molar-refractivity contribution is -0.139. The summed E-state index contributed by atoms with van der Waals surface area (Å²) >= 11 is 1.89. The number of hydrogen-bond donors (Lipinski definition) is 2. The highest BCUT2D eigenvalue weighted by atomic mass is 32.1. The molecule has 1 aliphatic carbocycles. The number of hydrogen-bond acceptors (Lipinski definition) is 5. The SMILES string of the molecule is Cc1c(-c2[nH]c3sc([C@H]4C[C@@H](C(=O)N5CCNCC5)C4)c(C)c3c2C(C)C)cn2ncnc2c1C. The summed E-state index contributed by atoms with van der Waals surface area (Å²) in [7, 11) is 0. The van der Waals surface area contributed by atoms with Crippen molar-refractivity contribution in [3.63, 3.8) is 0 Å². The number of carbonyl (C=O) groups excluding carboxylic acids is 1. The Labute approximate surface area is 209 Å². The van der Waals surface area contributed by atoms with E-state index in [1.807, 2.05) is 15.9 Å². The predicted molar refractivity (Wildman–Crippen MR) is 141 cm³/mol. The number of pyridine rings is 1. The fourth-order valence-corrected chi connectivity index (χ4v) is 7.41. The van der Waals surface area contributed by atoms with E-state index in [0.29, 0.717) is 17.7 Å². The Morgan fingerprint density at radius 2 is 1.86 bits per heavy atom. The summed E-state index contributed by atoms with van der Waals surface area (Å²) < 4.78 is 1.89. The minimum atomic E-state index is 0.193. The summed E-state index contributed by atoms with van der Waals surface area (Å²) in [6, 6.07) is 0. The lowest BCUT2D eigenvalue weighted by Crippen LogP contribution is -2.50. The molecule has 184 valence electrons. The maximum Gasteiger partial charge on any atom is 0.225 e. The Hall–Kier alpha value is -2.71. The van der Waals surface area contributed by atoms with Crippen LogP contribution in [0.2, 0.25) is 0 Å². The average Bonchev–Trinajstić information content (AvgIpc) is 3.51. The highest BCUT2D eigenvalue weighted by Gasteiger charge is 2.40. The zero-order chi connectivity index (χ0) is 24.4. The van der Waals surface area contributed by atoms with Gasteiger partial charge in [0.2, 0.25) is 5.91 Å². The van der Waals surface area contributed by atoms with Crippen molar-refractivity contribution in [1.82, 2.24) is 29.8 Å². The first-order valence-corrected chi connectivity index (χ1v) is 13.6. The van der Waals surface area contributed by atoms with Crippen molar-refractivity contribution in [1.29, 1.82) is 0 Å². The van der Waals surface area contributed by atoms with E-state index >= 15 is 0 Å². The number of amides is 1. The molecular formula is C27H34N6OS. The van der Waals surface area contributed by atoms with Crippen molar-refractivity contribution in [2.45, 2.75) is 59.3 Å². The summed E-state index contributed by atoms with van der Waals surface area (Å²) in [6.45, 7) is 14.7. The number of rotatable bonds is 4. The monoisotopic (exact) mass is 490 g/mol. The minimum Gasteiger partial charge on any atom is -0.346 e. The normalized spacial score (nSPS) is 20.8. The number of nitrogens with zero attached hydrogens (tertiary/aromatic N) is 4. The van der Waals surface area contributed by atoms with Crippen LogP contribution in [-0.2, 0) is 4.79 Å². The molecule has 35 heavy (non-hydrogen) atoms. The van der Waals surface area contributed by atoms with Crippen LogP contribution >= 0.6 is 11.3 Å². The Bertz CT molecular complexity index is 1430. The zero-order valence-electron chi connectivity index (χ0n) is 21.2. The summed E-state index contributed by atoms with van der Waals surface area (Å²) in [4.78, 5) is 25.9. The number of nitrogens with one attached hydrogen (secondary N) is 2. The molecule has 0 bridgehead atoms. The number of aromatic amines is 1. The number of H-pyrrole nitrogens is 1. The van der Waals surface area contributed by atoms with Crippen molar-refractivity contribution in [2.75, 3.05) is 26.2 Å². The van der Waals surface area contributed by atoms with Crippen LogP contribution in [0.1, 0.15) is 65.7 Å². The molecule has 1 saturated heterocycles. The van der Waals surface area contributed by atoms with Gasteiger partial charge in [0, 0.05) is 54.1 Å². The molecule has 4 aromatic heterocycles. The Kier molecular flexibility index (Phi) is 5.49. The number of carbonyl (C=O) groups is 1. The summed E-state index contributed by atoms with van der Waals surface area (Å²) in [5.74, 6) is 1.44. The van der Waals surface area contributed by atoms with Crippen LogP contribution in [0.5, 0.6) is 0 Å². The second kappa shape index (κ2) is 8.45. The van der Waals surface area contributed by atoms with Crippen molar-refractivity contribution < 1.29 is 4.79 Å². The number of fused-ring (bicyclic) bond motifs is 2. The second-order valence-corrected chi connectivity index (χ2v) is 11.7. The average molecular weight is 491 g/mol. The van der Waals surface area contributed by atoms with Gasteiger partial charge < -0.3 is 15.2 Å². The predicted octanol–water partition coefficient (Wildman–Crippen LogP) is 4.91. The molecule has 6 rings (SSSR count). The van der Waals surface area contributed by atoms with Crippen LogP contribution in [0.4, 0.5) is 0 Å². The fraction of sp³-hybridized carbons (Fsp3) is 0.519. The van der Waals surface area contributed by atoms with Crippen LogP contribution in [0.15, 0.2) is 12.5 Å². The molecule has 2 N–H and O–H groups in total. The van der Waals surface area contributed by atoms with Crippen LogP contribution in [-0.4, -0.2) is 56.6 Å². The number of piperazine rings is 1. The van der Waals surface area contributed by atoms with Gasteiger partial charge in [-0.25, -0.2) is 9.50 Å². The quantitative estimate of drug-likeness (QED) is 0.426. The molecule has 0 unspecified atom stereocenters. The third-order valence-electron chi connectivity index (χ3n) is 8.22. The molecule has 0 radical (unpaired) electrons. The van der Waals surface area contributed by atoms with E-state index in [0.717, 1.165) is 44.7 Å². The van der Waals surface area contributed by atoms with Gasteiger partial charge in [-0.2, -0.15) is 5.10 Å². The van der Waals surface area contributed by atoms with E-state index < -0.39 is 0 Å². The van der Waals surface area contributed by atoms with E-state index in [-0.39, 0.29) is 5.92 Å². The van der Waals surface area contributed by atoms with Gasteiger partial charge in [-0.3, -0.25) is 4.79 Å². The van der Waals surface area contributed by atoms with E-state index in [2.05, 4.69) is 66.1 Å². The maximum absolute atomic E-state index is 12.9. The molecule has 1 amide bonds. The first-order chi connectivity index (χ1) is 16.8. The second-order valence-electron chi connectivity index (χ2n) is 10.6. The van der Waals surface area contributed by atoms with E-state index in [1.54, 1.807) is 6.33 Å². The first-order valence-electron chi connectivity index (χ1n) is 12.8. The number of aromatic nitrogens is 4. The van der Waals surface area contributed by atoms with Gasteiger partial charge >= 0.3 is 0 Å². The number of aryl methyl sites for hydroxylation is 2. The lowest BCUT2D eigenvalue weighted by Gasteiger charge is -2.39. The zero-order valence-corrected chi connectivity index (χ0v) is 22.1. The lowest BCUT2D eigenvalue weighted by atomic mass is 9.72. The highest BCUT2D eigenvalue weighted by Crippen LogP contribution is 2.50. The Morgan fingerprint density at radius 3 is 2.57 bits per heavy atom. The third kappa shape index (κ3) is 3.52. The van der Waals surface area contributed by atoms with Crippen molar-refractivity contribution in [3.05, 3.63) is 39.7 Å². The molecule has 2 aliphatic rings. The van der Waals surface area contributed by atoms with E-state index in [9.17, 15) is 4.79 Å². The molecule has 8 heteroatoms. The van der Waals surface area contributed by atoms with Crippen LogP contribution in [0.3, 0.4) is 0 Å². The minimum absolute atomic E-state index is 0.193. The molecule has 1 aliphatic heterocycles. The maximum atomic E-state index is 12.9. The van der Waals surface area contributed by atoms with Crippen molar-refractivity contribution in [3.8, 4) is 11.3 Å². The molecule has 1 saturated carbocycles. The fourth-order valence-electron chi connectivity index (χ4n) is 6.06. The van der Waals surface area contributed by atoms with Gasteiger partial charge in [-0.15, -0.1) is 11.3 Å². The van der Waals surface area contributed by atoms with E-state index in [4.69, 9.17) is 0 Å². The number of thiophene rings is 1. The summed E-state index contributed by atoms with van der Waals surface area (Å²) in [5.41, 5.74) is 8.50. The molecule has 4 aromatic rings. The largest absolute Gasteiger partial charge is 0.346 e. The van der Waals surface area contributed by atoms with Crippen LogP contribution in [0.25, 0.3) is 27.1 Å². The van der Waals surface area contributed by atoms with Crippen molar-refractivity contribution in [2.24, 2.45) is 5.92 Å². The van der Waals surface area contributed by atoms with Gasteiger partial charge in [0.25, 0.3) is 0 Å². The topological polar surface area (TPSA) is 78.3 Å². The van der Waals surface area contributed by atoms with E-state index in [1.165, 1.54) is 48.6 Å². The molecule has 5 heterocycles. The molecule has 7 nitrogen and oxygen atoms in total.